The number of hydrogen-bond donors (Lipinski definition) is 2. The van der Waals surface area contributed by atoms with Gasteiger partial charge in [-0.2, -0.15) is 0 Å². The summed E-state index contributed by atoms with van der Waals surface area (Å²) in [5.41, 5.74) is 0.0747. The van der Waals surface area contributed by atoms with E-state index in [1.54, 1.807) is 0 Å². The van der Waals surface area contributed by atoms with Gasteiger partial charge in [0, 0.05) is 12.6 Å². The van der Waals surface area contributed by atoms with Gasteiger partial charge in [0.1, 0.15) is 11.6 Å². The van der Waals surface area contributed by atoms with Crippen LogP contribution in [0.15, 0.2) is 18.2 Å². The number of benzene rings is 1. The van der Waals surface area contributed by atoms with Crippen molar-refractivity contribution in [3.8, 4) is 5.75 Å². The summed E-state index contributed by atoms with van der Waals surface area (Å²) >= 11 is 0. The van der Waals surface area contributed by atoms with Crippen LogP contribution >= 0.6 is 0 Å². The molecule has 2 atom stereocenters. The molecule has 2 saturated heterocycles. The van der Waals surface area contributed by atoms with E-state index in [2.05, 4.69) is 5.32 Å². The van der Waals surface area contributed by atoms with Crippen LogP contribution < -0.4 is 5.32 Å². The second-order valence-electron chi connectivity index (χ2n) is 5.98. The second-order valence-corrected chi connectivity index (χ2v) is 5.98. The van der Waals surface area contributed by atoms with Crippen molar-refractivity contribution in [3.05, 3.63) is 29.6 Å². The topological polar surface area (TPSA) is 52.6 Å². The molecule has 4 nitrogen and oxygen atoms in total. The molecule has 0 spiro atoms. The van der Waals surface area contributed by atoms with Crippen LogP contribution in [-0.2, 0) is 0 Å². The van der Waals surface area contributed by atoms with Crippen molar-refractivity contribution < 1.29 is 14.3 Å². The summed E-state index contributed by atoms with van der Waals surface area (Å²) in [4.78, 5) is 14.5. The van der Waals surface area contributed by atoms with Crippen molar-refractivity contribution in [2.24, 2.45) is 5.92 Å². The molecule has 21 heavy (non-hydrogen) atoms. The van der Waals surface area contributed by atoms with E-state index in [9.17, 15) is 14.3 Å². The first-order valence-corrected chi connectivity index (χ1v) is 7.67. The Bertz CT molecular complexity index is 529. The molecule has 2 aliphatic rings. The Kier molecular flexibility index (Phi) is 4.10. The van der Waals surface area contributed by atoms with Crippen LogP contribution in [-0.4, -0.2) is 41.6 Å². The Balaban J connectivity index is 1.80. The number of nitrogens with one attached hydrogen (secondary N) is 1. The molecular weight excluding hydrogens is 271 g/mol. The second kappa shape index (κ2) is 6.02. The van der Waals surface area contributed by atoms with Gasteiger partial charge in [0.15, 0.2) is 0 Å². The number of carbonyl (C=O) groups excluding carboxylic acids is 1. The van der Waals surface area contributed by atoms with Crippen molar-refractivity contribution >= 4 is 5.91 Å². The van der Waals surface area contributed by atoms with E-state index in [1.165, 1.54) is 12.1 Å². The monoisotopic (exact) mass is 292 g/mol. The first-order chi connectivity index (χ1) is 10.2. The summed E-state index contributed by atoms with van der Waals surface area (Å²) in [6.45, 7) is 2.67. The Morgan fingerprint density at radius 3 is 2.95 bits per heavy atom. The smallest absolute Gasteiger partial charge is 0.257 e. The number of piperidine rings is 1. The molecule has 0 aliphatic carbocycles. The van der Waals surface area contributed by atoms with Crippen LogP contribution in [0.2, 0.25) is 0 Å². The van der Waals surface area contributed by atoms with Gasteiger partial charge in [-0.25, -0.2) is 4.39 Å². The summed E-state index contributed by atoms with van der Waals surface area (Å²) in [6.07, 6.45) is 4.22. The summed E-state index contributed by atoms with van der Waals surface area (Å²) in [7, 11) is 0. The molecule has 0 bridgehead atoms. The highest BCUT2D eigenvalue weighted by Crippen LogP contribution is 2.31. The number of phenols is 1. The quantitative estimate of drug-likeness (QED) is 0.878. The lowest BCUT2D eigenvalue weighted by atomic mass is 9.90. The van der Waals surface area contributed by atoms with Crippen LogP contribution in [0.3, 0.4) is 0 Å². The van der Waals surface area contributed by atoms with Crippen molar-refractivity contribution in [1.82, 2.24) is 10.2 Å². The highest BCUT2D eigenvalue weighted by Gasteiger charge is 2.36. The van der Waals surface area contributed by atoms with Crippen LogP contribution in [0.4, 0.5) is 4.39 Å². The zero-order chi connectivity index (χ0) is 14.8. The van der Waals surface area contributed by atoms with E-state index in [1.807, 2.05) is 4.90 Å². The molecule has 1 amide bonds. The lowest BCUT2D eigenvalue weighted by Gasteiger charge is -2.34. The zero-order valence-corrected chi connectivity index (χ0v) is 12.0. The molecular formula is C16H21FN2O2. The van der Waals surface area contributed by atoms with Gasteiger partial charge in [-0.05, 0) is 62.9 Å². The summed E-state index contributed by atoms with van der Waals surface area (Å²) in [6, 6.07) is 3.74. The van der Waals surface area contributed by atoms with Gasteiger partial charge in [0.05, 0.1) is 5.56 Å². The Hall–Kier alpha value is -1.62. The van der Waals surface area contributed by atoms with Crippen molar-refractivity contribution in [3.63, 3.8) is 0 Å². The molecule has 3 rings (SSSR count). The Morgan fingerprint density at radius 2 is 2.19 bits per heavy atom. The number of aromatic hydroxyl groups is 1. The fourth-order valence-electron chi connectivity index (χ4n) is 3.58. The molecule has 2 aliphatic heterocycles. The summed E-state index contributed by atoms with van der Waals surface area (Å²) in [5.74, 6) is -0.430. The Morgan fingerprint density at radius 1 is 1.33 bits per heavy atom. The minimum absolute atomic E-state index is 0.0747. The molecule has 0 aromatic heterocycles. The summed E-state index contributed by atoms with van der Waals surface area (Å²) < 4.78 is 13.4. The normalized spacial score (nSPS) is 26.0. The molecule has 2 heterocycles. The first-order valence-electron chi connectivity index (χ1n) is 7.67. The van der Waals surface area contributed by atoms with Gasteiger partial charge < -0.3 is 15.3 Å². The van der Waals surface area contributed by atoms with Gasteiger partial charge in [0.2, 0.25) is 0 Å². The van der Waals surface area contributed by atoms with Crippen LogP contribution in [0.5, 0.6) is 5.75 Å². The minimum Gasteiger partial charge on any atom is -0.507 e. The highest BCUT2D eigenvalue weighted by atomic mass is 19.1. The fraction of sp³-hybridized carbons (Fsp3) is 0.562. The number of halogens is 1. The number of likely N-dealkylation sites (tertiary alicyclic amines) is 1. The maximum absolute atomic E-state index is 13.4. The number of hydrogen-bond acceptors (Lipinski definition) is 3. The molecule has 2 N–H and O–H groups in total. The maximum Gasteiger partial charge on any atom is 0.257 e. The maximum atomic E-state index is 13.4. The summed E-state index contributed by atoms with van der Waals surface area (Å²) in [5, 5.41) is 13.2. The number of amides is 1. The molecule has 114 valence electrons. The minimum atomic E-state index is -0.494. The van der Waals surface area contributed by atoms with Gasteiger partial charge in [-0.1, -0.05) is 0 Å². The predicted octanol–water partition coefficient (Wildman–Crippen LogP) is 2.14. The fourth-order valence-corrected chi connectivity index (χ4v) is 3.58. The van der Waals surface area contributed by atoms with E-state index >= 15 is 0 Å². The van der Waals surface area contributed by atoms with Crippen LogP contribution in [0, 0.1) is 11.7 Å². The third-order valence-corrected chi connectivity index (χ3v) is 4.63. The third-order valence-electron chi connectivity index (χ3n) is 4.63. The van der Waals surface area contributed by atoms with E-state index in [0.717, 1.165) is 44.8 Å². The molecule has 0 radical (unpaired) electrons. The van der Waals surface area contributed by atoms with Crippen molar-refractivity contribution in [1.29, 1.82) is 0 Å². The molecule has 5 heteroatoms. The molecule has 0 saturated carbocycles. The lowest BCUT2D eigenvalue weighted by molar-refractivity contribution is 0.0667. The molecule has 1 aromatic rings. The molecule has 2 fully saturated rings. The van der Waals surface area contributed by atoms with Gasteiger partial charge >= 0.3 is 0 Å². The average Bonchev–Trinajstić information content (AvgIpc) is 2.99. The van der Waals surface area contributed by atoms with Crippen LogP contribution in [0.25, 0.3) is 0 Å². The lowest BCUT2D eigenvalue weighted by Crippen LogP contribution is -2.45. The number of nitrogens with zero attached hydrogens (tertiary/aromatic N) is 1. The number of phenolic OH excluding ortho intramolecular Hbond substituents is 1. The van der Waals surface area contributed by atoms with E-state index in [-0.39, 0.29) is 23.3 Å². The predicted molar refractivity (Wildman–Crippen MR) is 77.7 cm³/mol. The van der Waals surface area contributed by atoms with E-state index in [4.69, 9.17) is 0 Å². The number of rotatable bonds is 2. The highest BCUT2D eigenvalue weighted by molar-refractivity contribution is 5.97. The SMILES string of the molecule is O=C(c1cc(F)ccc1O)N1CCCC1C1CCCNC1. The van der Waals surface area contributed by atoms with Gasteiger partial charge in [-0.15, -0.1) is 0 Å². The van der Waals surface area contributed by atoms with E-state index < -0.39 is 5.82 Å². The third kappa shape index (κ3) is 2.88. The average molecular weight is 292 g/mol. The van der Waals surface area contributed by atoms with Gasteiger partial charge in [-0.3, -0.25) is 4.79 Å². The van der Waals surface area contributed by atoms with Crippen LogP contribution in [0.1, 0.15) is 36.0 Å². The molecule has 1 aromatic carbocycles. The number of carbonyl (C=O) groups is 1. The molecule has 2 unspecified atom stereocenters. The largest absolute Gasteiger partial charge is 0.507 e. The Labute approximate surface area is 124 Å². The first kappa shape index (κ1) is 14.3. The van der Waals surface area contributed by atoms with Gasteiger partial charge in [0.25, 0.3) is 5.91 Å². The zero-order valence-electron chi connectivity index (χ0n) is 12.0. The van der Waals surface area contributed by atoms with Crippen molar-refractivity contribution in [2.75, 3.05) is 19.6 Å². The van der Waals surface area contributed by atoms with E-state index in [0.29, 0.717) is 12.5 Å². The standard InChI is InChI=1S/C16H21FN2O2/c17-12-5-6-15(20)13(9-12)16(21)19-8-2-4-14(19)11-3-1-7-18-10-11/h5-6,9,11,14,18,20H,1-4,7-8,10H2. The van der Waals surface area contributed by atoms with Crippen molar-refractivity contribution in [2.45, 2.75) is 31.7 Å².